The summed E-state index contributed by atoms with van der Waals surface area (Å²) >= 11 is 0. The lowest BCUT2D eigenvalue weighted by Crippen LogP contribution is -2.14. The number of rotatable bonds is 4. The third-order valence-corrected chi connectivity index (χ3v) is 1.96. The van der Waals surface area contributed by atoms with E-state index in [1.54, 1.807) is 6.92 Å². The zero-order valence-electron chi connectivity index (χ0n) is 8.34. The van der Waals surface area contributed by atoms with Crippen LogP contribution in [0.1, 0.15) is 18.6 Å². The van der Waals surface area contributed by atoms with Gasteiger partial charge in [0.05, 0.1) is 12.7 Å². The summed E-state index contributed by atoms with van der Waals surface area (Å²) in [6, 6.07) is 2.54. The highest BCUT2D eigenvalue weighted by atomic mass is 19.2. The minimum Gasteiger partial charge on any atom is -0.491 e. The van der Waals surface area contributed by atoms with Gasteiger partial charge in [0.25, 0.3) is 0 Å². The summed E-state index contributed by atoms with van der Waals surface area (Å²) in [4.78, 5) is 0. The number of nitrogens with two attached hydrogens (primary N) is 1. The van der Waals surface area contributed by atoms with E-state index in [9.17, 15) is 13.9 Å². The zero-order valence-corrected chi connectivity index (χ0v) is 8.34. The predicted molar refractivity (Wildman–Crippen MR) is 51.5 cm³/mol. The van der Waals surface area contributed by atoms with Crippen molar-refractivity contribution in [3.8, 4) is 5.75 Å². The van der Waals surface area contributed by atoms with Gasteiger partial charge in [-0.25, -0.2) is 4.39 Å². The van der Waals surface area contributed by atoms with E-state index in [2.05, 4.69) is 0 Å². The van der Waals surface area contributed by atoms with Gasteiger partial charge in [0.2, 0.25) is 5.82 Å². The molecular weight excluding hydrogens is 204 g/mol. The lowest BCUT2D eigenvalue weighted by atomic mass is 10.1. The molecule has 0 bridgehead atoms. The van der Waals surface area contributed by atoms with Gasteiger partial charge in [-0.05, 0) is 19.1 Å². The maximum Gasteiger partial charge on any atom is 0.200 e. The van der Waals surface area contributed by atoms with Crippen molar-refractivity contribution in [3.05, 3.63) is 29.3 Å². The molecule has 0 heterocycles. The molecule has 1 rings (SSSR count). The molecule has 1 unspecified atom stereocenters. The Morgan fingerprint density at radius 1 is 1.40 bits per heavy atom. The van der Waals surface area contributed by atoms with Crippen molar-refractivity contribution in [2.24, 2.45) is 5.73 Å². The molecule has 0 aromatic heterocycles. The summed E-state index contributed by atoms with van der Waals surface area (Å²) in [7, 11) is 0. The number of hydrogen-bond donors (Lipinski definition) is 2. The van der Waals surface area contributed by atoms with Crippen molar-refractivity contribution in [2.75, 3.05) is 13.2 Å². The van der Waals surface area contributed by atoms with E-state index in [1.165, 1.54) is 12.1 Å². The van der Waals surface area contributed by atoms with Gasteiger partial charge < -0.3 is 15.6 Å². The van der Waals surface area contributed by atoms with Gasteiger partial charge in [0, 0.05) is 12.1 Å². The summed E-state index contributed by atoms with van der Waals surface area (Å²) < 4.78 is 31.5. The summed E-state index contributed by atoms with van der Waals surface area (Å²) in [5.41, 5.74) is 5.00. The van der Waals surface area contributed by atoms with E-state index >= 15 is 0 Å². The summed E-state index contributed by atoms with van der Waals surface area (Å²) in [5, 5.41) is 9.28. The zero-order chi connectivity index (χ0) is 11.4. The van der Waals surface area contributed by atoms with Crippen LogP contribution in [0.15, 0.2) is 12.1 Å². The van der Waals surface area contributed by atoms with Crippen LogP contribution < -0.4 is 10.5 Å². The van der Waals surface area contributed by atoms with Gasteiger partial charge in [-0.15, -0.1) is 0 Å². The summed E-state index contributed by atoms with van der Waals surface area (Å²) in [6.45, 7) is 1.75. The Kier molecular flexibility index (Phi) is 3.99. The Balaban J connectivity index is 3.09. The Labute approximate surface area is 86.5 Å². The fraction of sp³-hybridized carbons (Fsp3) is 0.400. The average molecular weight is 217 g/mol. The van der Waals surface area contributed by atoms with Crippen molar-refractivity contribution in [1.82, 2.24) is 0 Å². The molecule has 5 heteroatoms. The van der Waals surface area contributed by atoms with Crippen LogP contribution in [0.4, 0.5) is 8.78 Å². The first-order chi connectivity index (χ1) is 7.11. The molecule has 0 fully saturated rings. The van der Waals surface area contributed by atoms with Crippen LogP contribution in [0.2, 0.25) is 0 Å². The molecule has 3 nitrogen and oxygen atoms in total. The van der Waals surface area contributed by atoms with E-state index in [-0.39, 0.29) is 24.5 Å². The smallest absolute Gasteiger partial charge is 0.200 e. The molecule has 0 aliphatic rings. The van der Waals surface area contributed by atoms with E-state index < -0.39 is 17.7 Å². The number of benzene rings is 1. The molecule has 1 aromatic rings. The standard InChI is InChI=1S/C10H13F2NO2/c1-2-15-8-4-3-6(7(14)5-13)9(11)10(8)12/h3-4,7,14H,2,5,13H2,1H3. The molecule has 1 aromatic carbocycles. The molecule has 84 valence electrons. The molecule has 0 spiro atoms. The summed E-state index contributed by atoms with van der Waals surface area (Å²) in [6.07, 6.45) is -1.20. The molecule has 0 saturated heterocycles. The van der Waals surface area contributed by atoms with Crippen LogP contribution in [0.25, 0.3) is 0 Å². The van der Waals surface area contributed by atoms with Gasteiger partial charge in [0.1, 0.15) is 0 Å². The van der Waals surface area contributed by atoms with Gasteiger partial charge in [-0.2, -0.15) is 4.39 Å². The first kappa shape index (κ1) is 11.9. The predicted octanol–water partition coefficient (Wildman–Crippen LogP) is 1.36. The van der Waals surface area contributed by atoms with Crippen molar-refractivity contribution < 1.29 is 18.6 Å². The monoisotopic (exact) mass is 217 g/mol. The van der Waals surface area contributed by atoms with Crippen LogP contribution in [0.3, 0.4) is 0 Å². The quantitative estimate of drug-likeness (QED) is 0.800. The molecule has 0 radical (unpaired) electrons. The van der Waals surface area contributed by atoms with Gasteiger partial charge in [0.15, 0.2) is 11.6 Å². The lowest BCUT2D eigenvalue weighted by Gasteiger charge is -2.12. The highest BCUT2D eigenvalue weighted by Gasteiger charge is 2.18. The number of halogens is 2. The van der Waals surface area contributed by atoms with E-state index in [1.807, 2.05) is 0 Å². The van der Waals surface area contributed by atoms with Crippen molar-refractivity contribution in [3.63, 3.8) is 0 Å². The molecule has 0 amide bonds. The fourth-order valence-corrected chi connectivity index (χ4v) is 1.20. The third kappa shape index (κ3) is 2.43. The normalized spacial score (nSPS) is 12.6. The second kappa shape index (κ2) is 5.04. The number of ether oxygens (including phenoxy) is 1. The van der Waals surface area contributed by atoms with Crippen LogP contribution in [-0.2, 0) is 0 Å². The van der Waals surface area contributed by atoms with E-state index in [0.717, 1.165) is 0 Å². The van der Waals surface area contributed by atoms with Crippen LogP contribution in [0, 0.1) is 11.6 Å². The van der Waals surface area contributed by atoms with E-state index in [4.69, 9.17) is 10.5 Å². The lowest BCUT2D eigenvalue weighted by molar-refractivity contribution is 0.180. The van der Waals surface area contributed by atoms with Gasteiger partial charge in [-0.3, -0.25) is 0 Å². The first-order valence-corrected chi connectivity index (χ1v) is 4.60. The molecule has 15 heavy (non-hydrogen) atoms. The van der Waals surface area contributed by atoms with Crippen LogP contribution in [0.5, 0.6) is 5.75 Å². The minimum atomic E-state index is -1.20. The topological polar surface area (TPSA) is 55.5 Å². The SMILES string of the molecule is CCOc1ccc(C(O)CN)c(F)c1F. The Morgan fingerprint density at radius 2 is 2.07 bits per heavy atom. The van der Waals surface area contributed by atoms with Crippen LogP contribution >= 0.6 is 0 Å². The molecular formula is C10H13F2NO2. The number of aliphatic hydroxyl groups excluding tert-OH is 1. The van der Waals surface area contributed by atoms with Crippen molar-refractivity contribution >= 4 is 0 Å². The van der Waals surface area contributed by atoms with Crippen molar-refractivity contribution in [2.45, 2.75) is 13.0 Å². The Bertz CT molecular complexity index is 344. The number of aliphatic hydroxyl groups is 1. The Hall–Kier alpha value is -1.20. The molecule has 1 atom stereocenters. The first-order valence-electron chi connectivity index (χ1n) is 4.60. The highest BCUT2D eigenvalue weighted by molar-refractivity contribution is 5.32. The second-order valence-corrected chi connectivity index (χ2v) is 2.97. The van der Waals surface area contributed by atoms with E-state index in [0.29, 0.717) is 0 Å². The second-order valence-electron chi connectivity index (χ2n) is 2.97. The molecule has 0 aliphatic carbocycles. The maximum absolute atomic E-state index is 13.4. The van der Waals surface area contributed by atoms with Gasteiger partial charge >= 0.3 is 0 Å². The Morgan fingerprint density at radius 3 is 2.60 bits per heavy atom. The maximum atomic E-state index is 13.4. The largest absolute Gasteiger partial charge is 0.491 e. The summed E-state index contributed by atoms with van der Waals surface area (Å²) in [5.74, 6) is -2.37. The van der Waals surface area contributed by atoms with Crippen molar-refractivity contribution in [1.29, 1.82) is 0 Å². The average Bonchev–Trinajstić information content (AvgIpc) is 2.24. The van der Waals surface area contributed by atoms with Gasteiger partial charge in [-0.1, -0.05) is 0 Å². The molecule has 0 saturated carbocycles. The highest BCUT2D eigenvalue weighted by Crippen LogP contribution is 2.26. The molecule has 0 aliphatic heterocycles. The third-order valence-electron chi connectivity index (χ3n) is 1.96. The minimum absolute atomic E-state index is 0.154. The molecule has 3 N–H and O–H groups in total. The fourth-order valence-electron chi connectivity index (χ4n) is 1.20. The van der Waals surface area contributed by atoms with Crippen LogP contribution in [-0.4, -0.2) is 18.3 Å². The number of hydrogen-bond acceptors (Lipinski definition) is 3.